The van der Waals surface area contributed by atoms with E-state index in [2.05, 4.69) is 170 Å². The number of thiophene rings is 1. The first-order valence-electron chi connectivity index (χ1n) is 19.1. The van der Waals surface area contributed by atoms with Crippen LogP contribution in [-0.2, 0) is 0 Å². The van der Waals surface area contributed by atoms with Crippen molar-refractivity contribution in [1.82, 2.24) is 9.97 Å². The van der Waals surface area contributed by atoms with Crippen molar-refractivity contribution in [1.29, 1.82) is 0 Å². The highest BCUT2D eigenvalue weighted by Gasteiger charge is 2.29. The van der Waals surface area contributed by atoms with E-state index in [1.54, 1.807) is 0 Å². The molecule has 0 bridgehead atoms. The summed E-state index contributed by atoms with van der Waals surface area (Å²) >= 11 is 1.86. The third-order valence-corrected chi connectivity index (χ3v) is 12.5. The Bertz CT molecular complexity index is 3110. The molecule has 56 heavy (non-hydrogen) atoms. The Hall–Kier alpha value is -6.88. The molecule has 1 aliphatic heterocycles. The lowest BCUT2D eigenvalue weighted by Crippen LogP contribution is -2.15. The maximum Gasteiger partial charge on any atom is 0.160 e. The number of anilines is 3. The van der Waals surface area contributed by atoms with Gasteiger partial charge in [-0.1, -0.05) is 133 Å². The molecule has 0 amide bonds. The molecular formula is C52H35N3S. The number of aromatic nitrogens is 2. The van der Waals surface area contributed by atoms with E-state index in [4.69, 9.17) is 9.97 Å². The second-order valence-corrected chi connectivity index (χ2v) is 15.7. The van der Waals surface area contributed by atoms with E-state index in [1.807, 2.05) is 35.6 Å². The highest BCUT2D eigenvalue weighted by molar-refractivity contribution is 7.25. The summed E-state index contributed by atoms with van der Waals surface area (Å²) in [5.74, 6) is 0.709. The molecule has 3 nitrogen and oxygen atoms in total. The molecular weight excluding hydrogens is 699 g/mol. The average molecular weight is 734 g/mol. The van der Waals surface area contributed by atoms with Gasteiger partial charge in [-0.25, -0.2) is 9.97 Å². The minimum atomic E-state index is 0.709. The Kier molecular flexibility index (Phi) is 7.48. The van der Waals surface area contributed by atoms with Crippen LogP contribution in [0.1, 0.15) is 11.1 Å². The van der Waals surface area contributed by atoms with Gasteiger partial charge in [0.05, 0.1) is 22.8 Å². The SMILES string of the molecule is Cc1ccccc1-c1cc2c3c(cccc3c1C)N(c1ccc3c(c1)sc1ccccc13)c1cc(-c3cc(-c4ccccc4)nc(-c4ccccc4)n3)ccc1-2. The van der Waals surface area contributed by atoms with Gasteiger partial charge < -0.3 is 4.90 Å². The van der Waals surface area contributed by atoms with Crippen LogP contribution in [0.3, 0.4) is 0 Å². The minimum Gasteiger partial charge on any atom is -0.309 e. The molecule has 1 aliphatic rings. The topological polar surface area (TPSA) is 29.0 Å². The van der Waals surface area contributed by atoms with E-state index in [9.17, 15) is 0 Å². The number of hydrogen-bond donors (Lipinski definition) is 0. The maximum atomic E-state index is 5.24. The Morgan fingerprint density at radius 3 is 1.95 bits per heavy atom. The van der Waals surface area contributed by atoms with Gasteiger partial charge in [0.2, 0.25) is 0 Å². The van der Waals surface area contributed by atoms with Crippen LogP contribution in [0.2, 0.25) is 0 Å². The maximum absolute atomic E-state index is 5.24. The first kappa shape index (κ1) is 32.5. The van der Waals surface area contributed by atoms with Gasteiger partial charge in [0, 0.05) is 53.5 Å². The molecule has 0 unspecified atom stereocenters. The molecule has 0 saturated heterocycles. The lowest BCUT2D eigenvalue weighted by Gasteiger charge is -2.35. The fraction of sp³-hybridized carbons (Fsp3) is 0.0385. The van der Waals surface area contributed by atoms with Gasteiger partial charge in [-0.2, -0.15) is 0 Å². The summed E-state index contributed by atoms with van der Waals surface area (Å²) in [5, 5.41) is 5.15. The van der Waals surface area contributed by atoms with Crippen LogP contribution in [-0.4, -0.2) is 9.97 Å². The summed E-state index contributed by atoms with van der Waals surface area (Å²) in [4.78, 5) is 12.8. The second-order valence-electron chi connectivity index (χ2n) is 14.7. The predicted molar refractivity (Wildman–Crippen MR) is 237 cm³/mol. The quantitative estimate of drug-likeness (QED) is 0.176. The largest absolute Gasteiger partial charge is 0.309 e. The highest BCUT2D eigenvalue weighted by atomic mass is 32.1. The number of rotatable bonds is 5. The van der Waals surface area contributed by atoms with Crippen molar-refractivity contribution in [3.8, 4) is 56.2 Å². The molecule has 0 fully saturated rings. The minimum absolute atomic E-state index is 0.709. The summed E-state index contributed by atoms with van der Waals surface area (Å²) in [7, 11) is 0. The van der Waals surface area contributed by atoms with Crippen LogP contribution in [0.25, 0.3) is 87.1 Å². The van der Waals surface area contributed by atoms with Crippen LogP contribution in [0.4, 0.5) is 17.1 Å². The van der Waals surface area contributed by atoms with Gasteiger partial charge in [-0.05, 0) is 89.5 Å². The molecule has 0 atom stereocenters. The molecule has 2 aromatic heterocycles. The van der Waals surface area contributed by atoms with Crippen LogP contribution in [0.15, 0.2) is 176 Å². The first-order valence-corrected chi connectivity index (χ1v) is 19.9. The molecule has 0 aliphatic carbocycles. The van der Waals surface area contributed by atoms with Crippen LogP contribution in [0.5, 0.6) is 0 Å². The van der Waals surface area contributed by atoms with Crippen molar-refractivity contribution in [2.24, 2.45) is 0 Å². The van der Waals surface area contributed by atoms with Crippen LogP contribution >= 0.6 is 11.3 Å². The monoisotopic (exact) mass is 733 g/mol. The fourth-order valence-electron chi connectivity index (χ4n) is 8.59. The van der Waals surface area contributed by atoms with E-state index in [-0.39, 0.29) is 0 Å². The molecule has 264 valence electrons. The van der Waals surface area contributed by atoms with Crippen LogP contribution in [0, 0.1) is 13.8 Å². The van der Waals surface area contributed by atoms with Crippen molar-refractivity contribution in [2.75, 3.05) is 4.90 Å². The Morgan fingerprint density at radius 2 is 1.12 bits per heavy atom. The third kappa shape index (κ3) is 5.18. The molecule has 3 heterocycles. The van der Waals surface area contributed by atoms with E-state index in [0.29, 0.717) is 5.82 Å². The molecule has 8 aromatic carbocycles. The van der Waals surface area contributed by atoms with Gasteiger partial charge >= 0.3 is 0 Å². The number of aryl methyl sites for hydroxylation is 2. The lowest BCUT2D eigenvalue weighted by atomic mass is 9.84. The number of nitrogens with zero attached hydrogens (tertiary/aromatic N) is 3. The summed E-state index contributed by atoms with van der Waals surface area (Å²) in [6, 6.07) is 63.4. The van der Waals surface area contributed by atoms with Crippen molar-refractivity contribution in [3.05, 3.63) is 187 Å². The van der Waals surface area contributed by atoms with Gasteiger partial charge in [0.1, 0.15) is 0 Å². The highest BCUT2D eigenvalue weighted by Crippen LogP contribution is 2.54. The van der Waals surface area contributed by atoms with Crippen LogP contribution < -0.4 is 4.90 Å². The lowest BCUT2D eigenvalue weighted by molar-refractivity contribution is 1.18. The number of benzene rings is 8. The zero-order chi connectivity index (χ0) is 37.3. The first-order chi connectivity index (χ1) is 27.6. The van der Waals surface area contributed by atoms with Crippen molar-refractivity contribution in [3.63, 3.8) is 0 Å². The Balaban J connectivity index is 1.18. The van der Waals surface area contributed by atoms with Gasteiger partial charge in [0.15, 0.2) is 5.82 Å². The standard InChI is InChI=1S/C52H35N3S/c1-32-14-9-10-19-38(32)43-30-44-40-26-24-36(46-31-45(34-15-5-3-6-16-34)53-52(54-46)35-17-7-4-8-18-35)28-48(40)55(47-22-13-21-39(33(43)2)51(44)47)37-25-27-42-41-20-11-12-23-49(41)56-50(42)29-37/h3-31H,1-2H3. The number of hydrogen-bond acceptors (Lipinski definition) is 4. The molecule has 11 rings (SSSR count). The Labute approximate surface area is 329 Å². The Morgan fingerprint density at radius 1 is 0.429 bits per heavy atom. The van der Waals surface area contributed by atoms with Gasteiger partial charge in [0.25, 0.3) is 0 Å². The van der Waals surface area contributed by atoms with Crippen molar-refractivity contribution in [2.45, 2.75) is 13.8 Å². The molecule has 10 aromatic rings. The molecule has 0 radical (unpaired) electrons. The van der Waals surface area contributed by atoms with Crippen molar-refractivity contribution < 1.29 is 0 Å². The van der Waals surface area contributed by atoms with Gasteiger partial charge in [-0.15, -0.1) is 11.3 Å². The summed E-state index contributed by atoms with van der Waals surface area (Å²) in [6.45, 7) is 4.49. The van der Waals surface area contributed by atoms with E-state index >= 15 is 0 Å². The van der Waals surface area contributed by atoms with E-state index in [1.165, 1.54) is 70.0 Å². The summed E-state index contributed by atoms with van der Waals surface area (Å²) in [6.07, 6.45) is 0. The van der Waals surface area contributed by atoms with E-state index in [0.717, 1.165) is 39.5 Å². The zero-order valence-electron chi connectivity index (χ0n) is 31.0. The zero-order valence-corrected chi connectivity index (χ0v) is 31.8. The summed E-state index contributed by atoms with van der Waals surface area (Å²) in [5.41, 5.74) is 15.9. The molecule has 0 N–H and O–H groups in total. The van der Waals surface area contributed by atoms with Crippen molar-refractivity contribution >= 4 is 59.3 Å². The molecule has 4 heteroatoms. The third-order valence-electron chi connectivity index (χ3n) is 11.4. The fourth-order valence-corrected chi connectivity index (χ4v) is 9.73. The normalized spacial score (nSPS) is 12.1. The van der Waals surface area contributed by atoms with Gasteiger partial charge in [-0.3, -0.25) is 0 Å². The summed E-state index contributed by atoms with van der Waals surface area (Å²) < 4.78 is 2.58. The average Bonchev–Trinajstić information content (AvgIpc) is 3.63. The van der Waals surface area contributed by atoms with E-state index < -0.39 is 0 Å². The molecule has 0 saturated carbocycles. The second kappa shape index (κ2) is 12.9. The smallest absolute Gasteiger partial charge is 0.160 e. The number of fused-ring (bicyclic) bond motifs is 5. The molecule has 0 spiro atoms. The predicted octanol–water partition coefficient (Wildman–Crippen LogP) is 14.7.